The maximum atomic E-state index is 13.5. The number of fused-ring (bicyclic) bond motifs is 1. The fourth-order valence-electron chi connectivity index (χ4n) is 1.67. The number of hydrogen-bond donors (Lipinski definition) is 0. The Morgan fingerprint density at radius 3 is 2.31 bits per heavy atom. The van der Waals surface area contributed by atoms with Gasteiger partial charge in [0.05, 0.1) is 0 Å². The maximum absolute atomic E-state index is 13.5. The molecule has 0 aliphatic carbocycles. The van der Waals surface area contributed by atoms with Crippen molar-refractivity contribution in [1.29, 1.82) is 0 Å². The van der Waals surface area contributed by atoms with E-state index in [0.717, 1.165) is 22.2 Å². The minimum Gasteiger partial charge on any atom is -0.288 e. The smallest absolute Gasteiger partial charge is 0.160 e. The van der Waals surface area contributed by atoms with Gasteiger partial charge in [-0.15, -0.1) is 10.2 Å². The lowest BCUT2D eigenvalue weighted by molar-refractivity contribution is 0.565. The Morgan fingerprint density at radius 1 is 1.10 bits per heavy atom. The zero-order valence-corrected chi connectivity index (χ0v) is 17.7. The predicted octanol–water partition coefficient (Wildman–Crippen LogP) is 7.05. The number of nitrogens with zero attached hydrogens (tertiary/aromatic N) is 3. The van der Waals surface area contributed by atoms with E-state index in [1.54, 1.807) is 29.1 Å². The summed E-state index contributed by atoms with van der Waals surface area (Å²) in [4.78, 5) is 1.21. The molecule has 1 aromatic carbocycles. The minimum atomic E-state index is -0.578. The lowest BCUT2D eigenvalue weighted by atomic mass is 10.3. The van der Waals surface area contributed by atoms with Crippen molar-refractivity contribution in [2.75, 3.05) is 0 Å². The summed E-state index contributed by atoms with van der Waals surface area (Å²) in [5.74, 6) is -1.14. The SMILES string of the molecule is C=C/C(C)=C\C.C=CC(=C)C.Fc1ccc(Sc2ccc3nncn3c2)c(F)c1. The molecule has 6 heteroatoms. The Kier molecular flexibility index (Phi) is 10.3. The Balaban J connectivity index is 0.000000319. The lowest BCUT2D eigenvalue weighted by Crippen LogP contribution is -1.86. The summed E-state index contributed by atoms with van der Waals surface area (Å²) < 4.78 is 28.0. The molecule has 0 N–H and O–H groups in total. The van der Waals surface area contributed by atoms with Crippen LogP contribution in [0.5, 0.6) is 0 Å². The van der Waals surface area contributed by atoms with Crippen LogP contribution in [0.25, 0.3) is 5.65 Å². The first-order valence-corrected chi connectivity index (χ1v) is 9.58. The summed E-state index contributed by atoms with van der Waals surface area (Å²) in [5, 5.41) is 7.63. The Labute approximate surface area is 175 Å². The molecular formula is C23H25F2N3S. The van der Waals surface area contributed by atoms with Crippen LogP contribution in [-0.4, -0.2) is 14.6 Å². The van der Waals surface area contributed by atoms with Crippen LogP contribution in [0.1, 0.15) is 20.8 Å². The predicted molar refractivity (Wildman–Crippen MR) is 118 cm³/mol. The first-order chi connectivity index (χ1) is 13.8. The number of benzene rings is 1. The summed E-state index contributed by atoms with van der Waals surface area (Å²) in [5.41, 5.74) is 2.97. The van der Waals surface area contributed by atoms with Crippen LogP contribution in [0.15, 0.2) is 102 Å². The van der Waals surface area contributed by atoms with Crippen LogP contribution in [0.4, 0.5) is 8.78 Å². The van der Waals surface area contributed by atoms with Gasteiger partial charge in [-0.3, -0.25) is 4.40 Å². The molecule has 0 spiro atoms. The van der Waals surface area contributed by atoms with Gasteiger partial charge in [0.25, 0.3) is 0 Å². The van der Waals surface area contributed by atoms with Gasteiger partial charge in [-0.2, -0.15) is 0 Å². The second-order valence-corrected chi connectivity index (χ2v) is 7.04. The first kappa shape index (κ1) is 24.0. The van der Waals surface area contributed by atoms with Gasteiger partial charge in [0.15, 0.2) is 5.65 Å². The van der Waals surface area contributed by atoms with Crippen molar-refractivity contribution in [2.24, 2.45) is 0 Å². The quantitative estimate of drug-likeness (QED) is 0.430. The average Bonchev–Trinajstić information content (AvgIpc) is 3.18. The average molecular weight is 414 g/mol. The van der Waals surface area contributed by atoms with E-state index in [-0.39, 0.29) is 0 Å². The Morgan fingerprint density at radius 2 is 1.79 bits per heavy atom. The molecule has 0 atom stereocenters. The molecular weight excluding hydrogens is 388 g/mol. The fraction of sp³-hybridized carbons (Fsp3) is 0.130. The monoisotopic (exact) mass is 413 g/mol. The molecule has 2 aromatic heterocycles. The minimum absolute atomic E-state index is 0.379. The van der Waals surface area contributed by atoms with Gasteiger partial charge in [0.1, 0.15) is 18.0 Å². The molecule has 0 saturated carbocycles. The maximum Gasteiger partial charge on any atom is 0.160 e. The molecule has 0 saturated heterocycles. The number of hydrogen-bond acceptors (Lipinski definition) is 3. The Hall–Kier alpha value is -2.99. The van der Waals surface area contributed by atoms with E-state index in [2.05, 4.69) is 29.9 Å². The number of halogens is 2. The molecule has 0 aliphatic heterocycles. The number of rotatable bonds is 4. The topological polar surface area (TPSA) is 30.2 Å². The number of allylic oxidation sites excluding steroid dienone is 5. The second-order valence-electron chi connectivity index (χ2n) is 5.93. The van der Waals surface area contributed by atoms with Crippen molar-refractivity contribution in [2.45, 2.75) is 30.6 Å². The third-order valence-electron chi connectivity index (χ3n) is 3.51. The summed E-state index contributed by atoms with van der Waals surface area (Å²) in [6.07, 6.45) is 8.94. The third kappa shape index (κ3) is 8.70. The van der Waals surface area contributed by atoms with Gasteiger partial charge < -0.3 is 0 Å². The van der Waals surface area contributed by atoms with Crippen LogP contribution >= 0.6 is 11.8 Å². The molecule has 3 aromatic rings. The van der Waals surface area contributed by atoms with Gasteiger partial charge >= 0.3 is 0 Å². The highest BCUT2D eigenvalue weighted by Crippen LogP contribution is 2.30. The molecule has 2 heterocycles. The number of aromatic nitrogens is 3. The fourth-order valence-corrected chi connectivity index (χ4v) is 2.52. The zero-order valence-electron chi connectivity index (χ0n) is 16.9. The van der Waals surface area contributed by atoms with Gasteiger partial charge in [0, 0.05) is 22.1 Å². The molecule has 0 amide bonds. The van der Waals surface area contributed by atoms with Crippen LogP contribution in [0.3, 0.4) is 0 Å². The van der Waals surface area contributed by atoms with Crippen LogP contribution in [-0.2, 0) is 0 Å². The van der Waals surface area contributed by atoms with Gasteiger partial charge in [-0.1, -0.05) is 60.9 Å². The van der Waals surface area contributed by atoms with E-state index in [4.69, 9.17) is 0 Å². The van der Waals surface area contributed by atoms with Gasteiger partial charge in [-0.25, -0.2) is 8.78 Å². The molecule has 0 aliphatic rings. The van der Waals surface area contributed by atoms with Crippen molar-refractivity contribution >= 4 is 17.4 Å². The highest BCUT2D eigenvalue weighted by Gasteiger charge is 2.06. The van der Waals surface area contributed by atoms with Crippen molar-refractivity contribution in [3.05, 3.63) is 104 Å². The zero-order chi connectivity index (χ0) is 21.8. The molecule has 3 rings (SSSR count). The molecule has 0 fully saturated rings. The van der Waals surface area contributed by atoms with Crippen molar-refractivity contribution < 1.29 is 8.78 Å². The molecule has 0 radical (unpaired) electrons. The highest BCUT2D eigenvalue weighted by molar-refractivity contribution is 7.99. The summed E-state index contributed by atoms with van der Waals surface area (Å²) >= 11 is 1.22. The van der Waals surface area contributed by atoms with E-state index >= 15 is 0 Å². The van der Waals surface area contributed by atoms with Crippen molar-refractivity contribution in [3.63, 3.8) is 0 Å². The normalized spacial score (nSPS) is 10.3. The van der Waals surface area contributed by atoms with Gasteiger partial charge in [-0.05, 0) is 45.0 Å². The van der Waals surface area contributed by atoms with E-state index in [0.29, 0.717) is 4.90 Å². The molecule has 0 bridgehead atoms. The summed E-state index contributed by atoms with van der Waals surface area (Å²) in [6.45, 7) is 16.5. The van der Waals surface area contributed by atoms with Crippen LogP contribution in [0, 0.1) is 11.6 Å². The van der Waals surface area contributed by atoms with E-state index in [1.807, 2.05) is 39.0 Å². The second kappa shape index (κ2) is 12.5. The van der Waals surface area contributed by atoms with Gasteiger partial charge in [0.2, 0.25) is 0 Å². The first-order valence-electron chi connectivity index (χ1n) is 8.76. The highest BCUT2D eigenvalue weighted by atomic mass is 32.2. The molecule has 152 valence electrons. The van der Waals surface area contributed by atoms with E-state index < -0.39 is 11.6 Å². The molecule has 3 nitrogen and oxygen atoms in total. The largest absolute Gasteiger partial charge is 0.288 e. The lowest BCUT2D eigenvalue weighted by Gasteiger charge is -2.03. The standard InChI is InChI=1S/C12H7F2N3S.C6H10.C5H8/c13-8-1-3-11(10(14)5-8)18-9-2-4-12-16-15-7-17(12)6-9;1-4-6(3)5-2;1-4-5(2)3/h1-7H;4-5H,1H2,2-3H3;4H,1-2H2,3H3/b;6-5-;. The molecule has 0 unspecified atom stereocenters. The van der Waals surface area contributed by atoms with Crippen molar-refractivity contribution in [3.8, 4) is 0 Å². The van der Waals surface area contributed by atoms with Crippen LogP contribution in [0.2, 0.25) is 0 Å². The van der Waals surface area contributed by atoms with E-state index in [9.17, 15) is 8.78 Å². The molecule has 29 heavy (non-hydrogen) atoms. The van der Waals surface area contributed by atoms with Crippen LogP contribution < -0.4 is 0 Å². The Bertz CT molecular complexity index is 1010. The van der Waals surface area contributed by atoms with E-state index in [1.165, 1.54) is 29.5 Å². The summed E-state index contributed by atoms with van der Waals surface area (Å²) in [6, 6.07) is 7.14. The van der Waals surface area contributed by atoms with Crippen molar-refractivity contribution in [1.82, 2.24) is 14.6 Å². The summed E-state index contributed by atoms with van der Waals surface area (Å²) in [7, 11) is 0. The third-order valence-corrected chi connectivity index (χ3v) is 4.54. The number of pyridine rings is 1.